The first kappa shape index (κ1) is 20.4. The minimum absolute atomic E-state index is 0.189. The average Bonchev–Trinajstić information content (AvgIpc) is 3.21. The van der Waals surface area contributed by atoms with Crippen LogP contribution >= 0.6 is 11.6 Å². The van der Waals surface area contributed by atoms with Gasteiger partial charge in [-0.3, -0.25) is 22.9 Å². The fourth-order valence-corrected chi connectivity index (χ4v) is 4.03. The summed E-state index contributed by atoms with van der Waals surface area (Å²) in [6, 6.07) is 5.66. The summed E-state index contributed by atoms with van der Waals surface area (Å²) < 4.78 is 11.8. The maximum Gasteiger partial charge on any atom is 0.332 e. The van der Waals surface area contributed by atoms with Crippen LogP contribution in [0, 0.1) is 20.8 Å². The highest BCUT2D eigenvalue weighted by Crippen LogP contribution is 2.27. The first-order chi connectivity index (χ1) is 14.3. The number of ether oxygens (including phenoxy) is 1. The minimum Gasteiger partial charge on any atom is -0.380 e. The summed E-state index contributed by atoms with van der Waals surface area (Å²) in [6.07, 6.45) is 0. The zero-order valence-electron chi connectivity index (χ0n) is 17.7. The number of nitrogens with zero attached hydrogens (tertiary/aromatic N) is 5. The van der Waals surface area contributed by atoms with Crippen molar-refractivity contribution >= 4 is 28.5 Å². The van der Waals surface area contributed by atoms with Gasteiger partial charge in [-0.25, -0.2) is 4.79 Å². The summed E-state index contributed by atoms with van der Waals surface area (Å²) in [7, 11) is 1.63. The van der Waals surface area contributed by atoms with Crippen LogP contribution in [0.4, 0.5) is 0 Å². The molecular weight excluding hydrogens is 406 g/mol. The van der Waals surface area contributed by atoms with E-state index in [1.807, 2.05) is 54.9 Å². The normalized spacial score (nSPS) is 11.8. The van der Waals surface area contributed by atoms with Gasteiger partial charge in [0.25, 0.3) is 5.56 Å². The molecule has 9 heteroatoms. The molecule has 0 bridgehead atoms. The third-order valence-electron chi connectivity index (χ3n) is 5.59. The van der Waals surface area contributed by atoms with Crippen molar-refractivity contribution in [1.29, 1.82) is 0 Å². The molecule has 0 unspecified atom stereocenters. The number of hydrogen-bond donors (Lipinski definition) is 0. The predicted molar refractivity (Wildman–Crippen MR) is 117 cm³/mol. The maximum atomic E-state index is 13.3. The van der Waals surface area contributed by atoms with Crippen LogP contribution < -0.4 is 11.2 Å². The van der Waals surface area contributed by atoms with E-state index in [9.17, 15) is 9.59 Å². The fraction of sp³-hybridized carbons (Fsp3) is 0.381. The standard InChI is InChI=1S/C21H24ClN5O3/c1-6-30-10-9-25-19(28)17-18(24(5)21(25)29)23-20-26(13(3)14(4)27(17)20)16-11-15(22)8-7-12(16)2/h7-8,11H,6,9-10H2,1-5H3. The van der Waals surface area contributed by atoms with E-state index in [1.54, 1.807) is 7.05 Å². The van der Waals surface area contributed by atoms with E-state index < -0.39 is 5.69 Å². The lowest BCUT2D eigenvalue weighted by molar-refractivity contribution is 0.137. The van der Waals surface area contributed by atoms with Crippen molar-refractivity contribution in [3.05, 3.63) is 61.0 Å². The second kappa shape index (κ2) is 7.45. The van der Waals surface area contributed by atoms with E-state index in [1.165, 1.54) is 9.13 Å². The molecule has 0 aliphatic carbocycles. The number of rotatable bonds is 5. The quantitative estimate of drug-likeness (QED) is 0.457. The number of imidazole rings is 2. The molecule has 0 aliphatic rings. The largest absolute Gasteiger partial charge is 0.380 e. The number of aryl methyl sites for hydroxylation is 3. The molecule has 0 N–H and O–H groups in total. The molecule has 0 radical (unpaired) electrons. The van der Waals surface area contributed by atoms with Crippen LogP contribution in [0.3, 0.4) is 0 Å². The third kappa shape index (κ3) is 2.90. The zero-order valence-corrected chi connectivity index (χ0v) is 18.4. The van der Waals surface area contributed by atoms with Crippen molar-refractivity contribution in [3.8, 4) is 5.69 Å². The number of hydrogen-bond acceptors (Lipinski definition) is 4. The molecule has 1 aromatic carbocycles. The van der Waals surface area contributed by atoms with Gasteiger partial charge in [-0.15, -0.1) is 0 Å². The van der Waals surface area contributed by atoms with Crippen LogP contribution in [-0.4, -0.2) is 36.3 Å². The lowest BCUT2D eigenvalue weighted by Crippen LogP contribution is -2.40. The molecule has 3 aromatic heterocycles. The summed E-state index contributed by atoms with van der Waals surface area (Å²) in [6.45, 7) is 8.79. The van der Waals surface area contributed by atoms with Crippen LogP contribution in [0.1, 0.15) is 23.9 Å². The summed E-state index contributed by atoms with van der Waals surface area (Å²) >= 11 is 6.26. The molecule has 0 aliphatic heterocycles. The Morgan fingerprint density at radius 3 is 2.57 bits per heavy atom. The molecule has 4 rings (SSSR count). The Bertz CT molecular complexity index is 1410. The third-order valence-corrected chi connectivity index (χ3v) is 5.83. The molecule has 0 atom stereocenters. The van der Waals surface area contributed by atoms with Gasteiger partial charge in [0, 0.05) is 30.1 Å². The summed E-state index contributed by atoms with van der Waals surface area (Å²) in [5.41, 5.74) is 3.67. The van der Waals surface area contributed by atoms with E-state index in [4.69, 9.17) is 21.3 Å². The first-order valence-corrected chi connectivity index (χ1v) is 10.2. The van der Waals surface area contributed by atoms with Crippen LogP contribution in [-0.2, 0) is 18.3 Å². The SMILES string of the molecule is CCOCCn1c(=O)c2c(nc3n(-c4cc(Cl)ccc4C)c(C)c(C)n23)n(C)c1=O. The molecule has 4 aromatic rings. The van der Waals surface area contributed by atoms with E-state index in [0.717, 1.165) is 22.6 Å². The van der Waals surface area contributed by atoms with Crippen LogP contribution in [0.25, 0.3) is 22.6 Å². The maximum absolute atomic E-state index is 13.3. The van der Waals surface area contributed by atoms with Gasteiger partial charge < -0.3 is 4.74 Å². The van der Waals surface area contributed by atoms with Gasteiger partial charge in [-0.1, -0.05) is 17.7 Å². The minimum atomic E-state index is -0.409. The van der Waals surface area contributed by atoms with E-state index >= 15 is 0 Å². The highest BCUT2D eigenvalue weighted by atomic mass is 35.5. The predicted octanol–water partition coefficient (Wildman–Crippen LogP) is 2.75. The van der Waals surface area contributed by atoms with Crippen molar-refractivity contribution in [2.75, 3.05) is 13.2 Å². The van der Waals surface area contributed by atoms with Gasteiger partial charge >= 0.3 is 5.69 Å². The van der Waals surface area contributed by atoms with Crippen molar-refractivity contribution in [2.45, 2.75) is 34.2 Å². The summed E-state index contributed by atoms with van der Waals surface area (Å²) in [5.74, 6) is 0.569. The Kier molecular flexibility index (Phi) is 5.07. The molecule has 0 saturated heterocycles. The monoisotopic (exact) mass is 429 g/mol. The Morgan fingerprint density at radius 2 is 1.87 bits per heavy atom. The summed E-state index contributed by atoms with van der Waals surface area (Å²) in [4.78, 5) is 30.8. The Labute approximate surface area is 177 Å². The van der Waals surface area contributed by atoms with Crippen molar-refractivity contribution < 1.29 is 4.74 Å². The molecule has 0 fully saturated rings. The van der Waals surface area contributed by atoms with Gasteiger partial charge in [0.05, 0.1) is 18.8 Å². The number of aromatic nitrogens is 5. The van der Waals surface area contributed by atoms with Crippen LogP contribution in [0.5, 0.6) is 0 Å². The zero-order chi connectivity index (χ0) is 21.7. The number of halogens is 1. The van der Waals surface area contributed by atoms with Gasteiger partial charge in [-0.05, 0) is 45.4 Å². The van der Waals surface area contributed by atoms with Gasteiger partial charge in [0.1, 0.15) is 0 Å². The lowest BCUT2D eigenvalue weighted by atomic mass is 10.2. The Balaban J connectivity index is 2.10. The van der Waals surface area contributed by atoms with E-state index in [0.29, 0.717) is 35.2 Å². The molecule has 30 heavy (non-hydrogen) atoms. The highest BCUT2D eigenvalue weighted by molar-refractivity contribution is 6.30. The van der Waals surface area contributed by atoms with Crippen molar-refractivity contribution in [1.82, 2.24) is 23.1 Å². The van der Waals surface area contributed by atoms with E-state index in [-0.39, 0.29) is 12.1 Å². The molecule has 3 heterocycles. The fourth-order valence-electron chi connectivity index (χ4n) is 3.86. The molecule has 158 valence electrons. The Morgan fingerprint density at radius 1 is 1.13 bits per heavy atom. The first-order valence-electron chi connectivity index (χ1n) is 9.82. The van der Waals surface area contributed by atoms with Crippen LogP contribution in [0.2, 0.25) is 5.02 Å². The second-order valence-corrected chi connectivity index (χ2v) is 7.79. The Hall–Kier alpha value is -2.84. The smallest absolute Gasteiger partial charge is 0.332 e. The van der Waals surface area contributed by atoms with Gasteiger partial charge in [0.2, 0.25) is 5.78 Å². The number of fused-ring (bicyclic) bond motifs is 3. The molecule has 0 saturated carbocycles. The lowest BCUT2D eigenvalue weighted by Gasteiger charge is -2.10. The van der Waals surface area contributed by atoms with Crippen LogP contribution in [0.15, 0.2) is 27.8 Å². The van der Waals surface area contributed by atoms with Gasteiger partial charge in [0.15, 0.2) is 11.2 Å². The molecule has 0 amide bonds. The average molecular weight is 430 g/mol. The molecule has 0 spiro atoms. The molecular formula is C21H24ClN5O3. The topological polar surface area (TPSA) is 75.5 Å². The molecule has 8 nitrogen and oxygen atoms in total. The highest BCUT2D eigenvalue weighted by Gasteiger charge is 2.23. The second-order valence-electron chi connectivity index (χ2n) is 7.35. The van der Waals surface area contributed by atoms with E-state index in [2.05, 4.69) is 0 Å². The van der Waals surface area contributed by atoms with Gasteiger partial charge in [-0.2, -0.15) is 4.98 Å². The van der Waals surface area contributed by atoms with Crippen molar-refractivity contribution in [2.24, 2.45) is 7.05 Å². The number of benzene rings is 1. The van der Waals surface area contributed by atoms with Crippen molar-refractivity contribution in [3.63, 3.8) is 0 Å². The summed E-state index contributed by atoms with van der Waals surface area (Å²) in [5, 5.41) is 0.612.